The third kappa shape index (κ3) is 3.67. The molecule has 0 amide bonds. The van der Waals surface area contributed by atoms with E-state index in [0.29, 0.717) is 0 Å². The molecule has 1 aliphatic rings. The van der Waals surface area contributed by atoms with E-state index in [2.05, 4.69) is 0 Å². The number of aromatic hydroxyl groups is 2. The summed E-state index contributed by atoms with van der Waals surface area (Å²) in [5, 5.41) is 29.1. The molecule has 0 bridgehead atoms. The van der Waals surface area contributed by atoms with Gasteiger partial charge in [0, 0.05) is 18.7 Å². The average Bonchev–Trinajstić information content (AvgIpc) is 2.92. The van der Waals surface area contributed by atoms with Gasteiger partial charge < -0.3 is 25.0 Å². The van der Waals surface area contributed by atoms with Crippen LogP contribution in [0.15, 0.2) is 30.3 Å². The van der Waals surface area contributed by atoms with E-state index < -0.39 is 36.3 Å². The summed E-state index contributed by atoms with van der Waals surface area (Å²) in [4.78, 5) is 12.9. The number of halogens is 3. The minimum absolute atomic E-state index is 0.0772. The number of carbonyl (C=O) groups is 1. The van der Waals surface area contributed by atoms with Crippen molar-refractivity contribution in [1.29, 1.82) is 0 Å². The number of carboxylic acids is 1. The van der Waals surface area contributed by atoms with Crippen molar-refractivity contribution in [3.63, 3.8) is 0 Å². The van der Waals surface area contributed by atoms with Gasteiger partial charge in [-0.25, -0.2) is 0 Å². The fourth-order valence-electron chi connectivity index (χ4n) is 3.43. The van der Waals surface area contributed by atoms with E-state index in [-0.39, 0.29) is 36.3 Å². The van der Waals surface area contributed by atoms with E-state index in [0.717, 1.165) is 16.7 Å². The highest BCUT2D eigenvalue weighted by molar-refractivity contribution is 5.69. The van der Waals surface area contributed by atoms with Crippen molar-refractivity contribution >= 4 is 11.7 Å². The molecule has 152 valence electrons. The van der Waals surface area contributed by atoms with Gasteiger partial charge in [0.2, 0.25) is 0 Å². The SMILES string of the molecule is CCN1c2cc(C(F)(F)F)ccc2OC(CC(=O)O)C1Cn1c(O)ccc1O. The average molecular weight is 400 g/mol. The monoisotopic (exact) mass is 400 g/mol. The summed E-state index contributed by atoms with van der Waals surface area (Å²) in [6.07, 6.45) is -5.84. The summed E-state index contributed by atoms with van der Waals surface area (Å²) in [7, 11) is 0. The van der Waals surface area contributed by atoms with Crippen molar-refractivity contribution in [3.05, 3.63) is 35.9 Å². The number of likely N-dealkylation sites (N-methyl/N-ethyl adjacent to an activating group) is 1. The molecule has 28 heavy (non-hydrogen) atoms. The van der Waals surface area contributed by atoms with Gasteiger partial charge in [-0.2, -0.15) is 13.2 Å². The first kappa shape index (κ1) is 19.7. The molecule has 1 aliphatic heterocycles. The fraction of sp³-hybridized carbons (Fsp3) is 0.389. The summed E-state index contributed by atoms with van der Waals surface area (Å²) >= 11 is 0. The van der Waals surface area contributed by atoms with E-state index in [1.807, 2.05) is 0 Å². The minimum Gasteiger partial charge on any atom is -0.494 e. The predicted molar refractivity (Wildman–Crippen MR) is 92.7 cm³/mol. The lowest BCUT2D eigenvalue weighted by molar-refractivity contribution is -0.139. The van der Waals surface area contributed by atoms with E-state index in [1.165, 1.54) is 18.2 Å². The van der Waals surface area contributed by atoms with Gasteiger partial charge in [-0.1, -0.05) is 0 Å². The Labute approximate surface area is 158 Å². The Kier molecular flexibility index (Phi) is 5.05. The molecule has 0 radical (unpaired) electrons. The number of alkyl halides is 3. The lowest BCUT2D eigenvalue weighted by Gasteiger charge is -2.43. The van der Waals surface area contributed by atoms with E-state index in [4.69, 9.17) is 4.74 Å². The molecule has 3 N–H and O–H groups in total. The molecular formula is C18H19F3N2O5. The van der Waals surface area contributed by atoms with Gasteiger partial charge in [0.15, 0.2) is 11.8 Å². The standard InChI is InChI=1S/C18H19F3N2O5/c1-2-22-11-7-10(18(19,20)21)3-4-13(11)28-14(8-17(26)27)12(22)9-23-15(24)5-6-16(23)25/h3-7,12,14,24-25H,2,8-9H2,1H3,(H,26,27). The first-order valence-electron chi connectivity index (χ1n) is 8.55. The van der Waals surface area contributed by atoms with Gasteiger partial charge in [-0.3, -0.25) is 9.36 Å². The zero-order valence-electron chi connectivity index (χ0n) is 14.8. The number of rotatable bonds is 5. The second-order valence-electron chi connectivity index (χ2n) is 6.45. The quantitative estimate of drug-likeness (QED) is 0.714. The van der Waals surface area contributed by atoms with Crippen molar-refractivity contribution < 1.29 is 38.0 Å². The number of aliphatic carboxylic acids is 1. The van der Waals surface area contributed by atoms with Crippen LogP contribution in [0, 0.1) is 0 Å². The van der Waals surface area contributed by atoms with Gasteiger partial charge in [-0.05, 0) is 25.1 Å². The summed E-state index contributed by atoms with van der Waals surface area (Å²) < 4.78 is 46.3. The van der Waals surface area contributed by atoms with Crippen LogP contribution in [0.25, 0.3) is 0 Å². The van der Waals surface area contributed by atoms with Gasteiger partial charge in [0.25, 0.3) is 0 Å². The van der Waals surface area contributed by atoms with E-state index in [1.54, 1.807) is 11.8 Å². The fourth-order valence-corrected chi connectivity index (χ4v) is 3.43. The molecule has 0 fully saturated rings. The molecule has 3 rings (SSSR count). The van der Waals surface area contributed by atoms with Crippen LogP contribution in [0.1, 0.15) is 18.9 Å². The van der Waals surface area contributed by atoms with Crippen molar-refractivity contribution in [2.24, 2.45) is 0 Å². The molecule has 7 nitrogen and oxygen atoms in total. The smallest absolute Gasteiger partial charge is 0.416 e. The third-order valence-corrected chi connectivity index (χ3v) is 4.72. The van der Waals surface area contributed by atoms with Crippen LogP contribution in [-0.4, -0.2) is 44.5 Å². The van der Waals surface area contributed by atoms with Crippen molar-refractivity contribution in [2.75, 3.05) is 11.4 Å². The van der Waals surface area contributed by atoms with Crippen LogP contribution in [0.4, 0.5) is 18.9 Å². The number of hydrogen-bond donors (Lipinski definition) is 3. The number of nitrogens with zero attached hydrogens (tertiary/aromatic N) is 2. The first-order chi connectivity index (χ1) is 13.1. The van der Waals surface area contributed by atoms with E-state index in [9.17, 15) is 33.3 Å². The minimum atomic E-state index is -4.54. The number of ether oxygens (including phenoxy) is 1. The predicted octanol–water partition coefficient (Wildman–Crippen LogP) is 3.05. The second-order valence-corrected chi connectivity index (χ2v) is 6.45. The number of carboxylic acid groups (broad SMARTS) is 1. The number of benzene rings is 1. The highest BCUT2D eigenvalue weighted by Crippen LogP contribution is 2.42. The molecule has 0 aliphatic carbocycles. The molecule has 2 atom stereocenters. The number of aromatic nitrogens is 1. The summed E-state index contributed by atoms with van der Waals surface area (Å²) in [6.45, 7) is 1.91. The summed E-state index contributed by atoms with van der Waals surface area (Å²) in [5.41, 5.74) is -0.675. The van der Waals surface area contributed by atoms with Crippen molar-refractivity contribution in [2.45, 2.75) is 38.2 Å². The number of anilines is 1. The second kappa shape index (κ2) is 7.17. The van der Waals surface area contributed by atoms with Crippen LogP contribution in [0.2, 0.25) is 0 Å². The number of fused-ring (bicyclic) bond motifs is 1. The van der Waals surface area contributed by atoms with Crippen molar-refractivity contribution in [1.82, 2.24) is 4.57 Å². The summed E-state index contributed by atoms with van der Waals surface area (Å²) in [5.74, 6) is -1.49. The van der Waals surface area contributed by atoms with Crippen LogP contribution in [-0.2, 0) is 17.5 Å². The normalized spacial score (nSPS) is 19.2. The van der Waals surface area contributed by atoms with Gasteiger partial charge >= 0.3 is 12.1 Å². The Morgan fingerprint density at radius 1 is 1.18 bits per heavy atom. The molecule has 0 saturated carbocycles. The number of hydrogen-bond acceptors (Lipinski definition) is 5. The lowest BCUT2D eigenvalue weighted by Crippen LogP contribution is -2.52. The Morgan fingerprint density at radius 3 is 2.36 bits per heavy atom. The first-order valence-corrected chi connectivity index (χ1v) is 8.55. The molecule has 0 saturated heterocycles. The maximum absolute atomic E-state index is 13.1. The van der Waals surface area contributed by atoms with Gasteiger partial charge in [0.1, 0.15) is 11.9 Å². The maximum atomic E-state index is 13.1. The Hall–Kier alpha value is -3.04. The lowest BCUT2D eigenvalue weighted by atomic mass is 10.0. The highest BCUT2D eigenvalue weighted by Gasteiger charge is 2.39. The molecule has 1 aromatic heterocycles. The molecule has 2 heterocycles. The van der Waals surface area contributed by atoms with Crippen molar-refractivity contribution in [3.8, 4) is 17.5 Å². The Bertz CT molecular complexity index is 861. The summed E-state index contributed by atoms with van der Waals surface area (Å²) in [6, 6.07) is 4.80. The zero-order chi connectivity index (χ0) is 20.6. The Morgan fingerprint density at radius 2 is 1.82 bits per heavy atom. The highest BCUT2D eigenvalue weighted by atomic mass is 19.4. The van der Waals surface area contributed by atoms with Crippen LogP contribution in [0.3, 0.4) is 0 Å². The molecule has 2 aromatic rings. The van der Waals surface area contributed by atoms with Crippen LogP contribution < -0.4 is 9.64 Å². The topological polar surface area (TPSA) is 95.2 Å². The zero-order valence-corrected chi connectivity index (χ0v) is 14.8. The molecule has 0 spiro atoms. The molecular weight excluding hydrogens is 381 g/mol. The third-order valence-electron chi connectivity index (χ3n) is 4.72. The molecule has 10 heteroatoms. The van der Waals surface area contributed by atoms with Gasteiger partial charge in [-0.15, -0.1) is 0 Å². The van der Waals surface area contributed by atoms with Gasteiger partial charge in [0.05, 0.1) is 30.3 Å². The van der Waals surface area contributed by atoms with Crippen LogP contribution in [0.5, 0.6) is 17.5 Å². The Balaban J connectivity index is 2.05. The largest absolute Gasteiger partial charge is 0.494 e. The molecule has 2 unspecified atom stereocenters. The van der Waals surface area contributed by atoms with E-state index >= 15 is 0 Å². The maximum Gasteiger partial charge on any atom is 0.416 e. The molecule has 1 aromatic carbocycles. The van der Waals surface area contributed by atoms with Crippen LogP contribution >= 0.6 is 0 Å².